The fourth-order valence-corrected chi connectivity index (χ4v) is 4.02. The SMILES string of the molecule is O=CCC(c1ccccc1)c1ccc(N2CCNCC2c2ccc(O)cn2)cc1. The van der Waals surface area contributed by atoms with Gasteiger partial charge < -0.3 is 20.1 Å². The van der Waals surface area contributed by atoms with Crippen molar-refractivity contribution in [2.24, 2.45) is 0 Å². The molecule has 2 heterocycles. The first-order valence-electron chi connectivity index (χ1n) is 9.97. The fourth-order valence-electron chi connectivity index (χ4n) is 4.02. The van der Waals surface area contributed by atoms with E-state index in [1.807, 2.05) is 24.3 Å². The maximum absolute atomic E-state index is 11.3. The van der Waals surface area contributed by atoms with E-state index < -0.39 is 0 Å². The number of aromatic nitrogens is 1. The number of rotatable bonds is 6. The zero-order valence-electron chi connectivity index (χ0n) is 16.2. The lowest BCUT2D eigenvalue weighted by atomic mass is 9.89. The zero-order valence-corrected chi connectivity index (χ0v) is 16.2. The van der Waals surface area contributed by atoms with Crippen molar-refractivity contribution in [3.63, 3.8) is 0 Å². The molecule has 2 atom stereocenters. The van der Waals surface area contributed by atoms with Crippen molar-refractivity contribution in [3.8, 4) is 5.75 Å². The highest BCUT2D eigenvalue weighted by atomic mass is 16.3. The quantitative estimate of drug-likeness (QED) is 0.632. The summed E-state index contributed by atoms with van der Waals surface area (Å²) in [4.78, 5) is 18.0. The largest absolute Gasteiger partial charge is 0.506 e. The number of benzene rings is 2. The summed E-state index contributed by atoms with van der Waals surface area (Å²) in [5.74, 6) is 0.246. The lowest BCUT2D eigenvalue weighted by Gasteiger charge is -2.37. The monoisotopic (exact) mass is 387 g/mol. The Hall–Kier alpha value is -3.18. The van der Waals surface area contributed by atoms with Crippen LogP contribution >= 0.6 is 0 Å². The number of nitrogens with zero attached hydrogens (tertiary/aromatic N) is 2. The Kier molecular flexibility index (Phi) is 5.86. The smallest absolute Gasteiger partial charge is 0.133 e. The first-order chi connectivity index (χ1) is 14.3. The molecule has 2 N–H and O–H groups in total. The normalized spacial score (nSPS) is 17.7. The van der Waals surface area contributed by atoms with Crippen LogP contribution in [0.3, 0.4) is 0 Å². The van der Waals surface area contributed by atoms with E-state index in [1.54, 1.807) is 6.07 Å². The first kappa shape index (κ1) is 19.2. The van der Waals surface area contributed by atoms with Crippen molar-refractivity contribution in [1.29, 1.82) is 0 Å². The highest BCUT2D eigenvalue weighted by Gasteiger charge is 2.25. The van der Waals surface area contributed by atoms with Gasteiger partial charge in [0.25, 0.3) is 0 Å². The second-order valence-electron chi connectivity index (χ2n) is 7.31. The van der Waals surface area contributed by atoms with Crippen LogP contribution in [-0.2, 0) is 4.79 Å². The number of aromatic hydroxyl groups is 1. The van der Waals surface area contributed by atoms with Crippen LogP contribution in [0.1, 0.15) is 35.2 Å². The summed E-state index contributed by atoms with van der Waals surface area (Å²) >= 11 is 0. The third-order valence-electron chi connectivity index (χ3n) is 5.52. The van der Waals surface area contributed by atoms with Crippen LogP contribution in [0.5, 0.6) is 5.75 Å². The maximum atomic E-state index is 11.3. The minimum Gasteiger partial charge on any atom is -0.506 e. The van der Waals surface area contributed by atoms with E-state index in [4.69, 9.17) is 0 Å². The Morgan fingerprint density at radius 3 is 2.52 bits per heavy atom. The standard InChI is InChI=1S/C24H25N3O2/c28-15-12-22(18-4-2-1-3-5-18)19-6-8-20(9-7-19)27-14-13-25-17-24(27)23-11-10-21(29)16-26-23/h1-11,15-16,22,24-25,29H,12-14,17H2. The molecule has 0 amide bonds. The van der Waals surface area contributed by atoms with Crippen molar-refractivity contribution in [2.75, 3.05) is 24.5 Å². The molecule has 0 saturated carbocycles. The number of hydrogen-bond donors (Lipinski definition) is 2. The van der Waals surface area contributed by atoms with Gasteiger partial charge in [-0.3, -0.25) is 4.98 Å². The van der Waals surface area contributed by atoms with Crippen molar-refractivity contribution >= 4 is 12.0 Å². The van der Waals surface area contributed by atoms with E-state index in [2.05, 4.69) is 51.6 Å². The Labute approximate surface area is 171 Å². The number of anilines is 1. The summed E-state index contributed by atoms with van der Waals surface area (Å²) < 4.78 is 0. The van der Waals surface area contributed by atoms with Crippen LogP contribution in [0.4, 0.5) is 5.69 Å². The van der Waals surface area contributed by atoms with E-state index in [9.17, 15) is 9.90 Å². The lowest BCUT2D eigenvalue weighted by Crippen LogP contribution is -2.46. The molecule has 1 aliphatic rings. The third-order valence-corrected chi connectivity index (χ3v) is 5.52. The molecule has 1 fully saturated rings. The summed E-state index contributed by atoms with van der Waals surface area (Å²) in [5.41, 5.74) is 4.36. The summed E-state index contributed by atoms with van der Waals surface area (Å²) in [5, 5.41) is 13.0. The van der Waals surface area contributed by atoms with Gasteiger partial charge in [-0.1, -0.05) is 42.5 Å². The number of nitrogens with one attached hydrogen (secondary N) is 1. The molecule has 1 aromatic heterocycles. The Balaban J connectivity index is 1.60. The van der Waals surface area contributed by atoms with Crippen LogP contribution in [0.2, 0.25) is 0 Å². The van der Waals surface area contributed by atoms with Crippen LogP contribution in [-0.4, -0.2) is 36.0 Å². The molecular weight excluding hydrogens is 362 g/mol. The van der Waals surface area contributed by atoms with Gasteiger partial charge >= 0.3 is 0 Å². The van der Waals surface area contributed by atoms with Gasteiger partial charge in [0.1, 0.15) is 12.0 Å². The summed E-state index contributed by atoms with van der Waals surface area (Å²) in [6.07, 6.45) is 2.96. The molecule has 5 heteroatoms. The Morgan fingerprint density at radius 2 is 1.83 bits per heavy atom. The highest BCUT2D eigenvalue weighted by molar-refractivity contribution is 5.56. The molecule has 0 aliphatic carbocycles. The fraction of sp³-hybridized carbons (Fsp3) is 0.250. The van der Waals surface area contributed by atoms with Gasteiger partial charge in [-0.2, -0.15) is 0 Å². The van der Waals surface area contributed by atoms with Gasteiger partial charge in [0, 0.05) is 37.7 Å². The van der Waals surface area contributed by atoms with E-state index in [0.29, 0.717) is 6.42 Å². The molecule has 0 spiro atoms. The van der Waals surface area contributed by atoms with E-state index in [0.717, 1.165) is 48.4 Å². The predicted octanol–water partition coefficient (Wildman–Crippen LogP) is 3.66. The van der Waals surface area contributed by atoms with Crippen molar-refractivity contribution in [2.45, 2.75) is 18.4 Å². The van der Waals surface area contributed by atoms with Crippen LogP contribution in [0.15, 0.2) is 72.9 Å². The second-order valence-corrected chi connectivity index (χ2v) is 7.31. The minimum atomic E-state index is 0.0698. The van der Waals surface area contributed by atoms with Gasteiger partial charge in [-0.15, -0.1) is 0 Å². The summed E-state index contributed by atoms with van der Waals surface area (Å²) in [6, 6.07) is 22.3. The van der Waals surface area contributed by atoms with Crippen LogP contribution in [0.25, 0.3) is 0 Å². The number of pyridine rings is 1. The predicted molar refractivity (Wildman–Crippen MR) is 114 cm³/mol. The number of hydrogen-bond acceptors (Lipinski definition) is 5. The average Bonchev–Trinajstić information content (AvgIpc) is 2.79. The Bertz CT molecular complexity index is 927. The van der Waals surface area contributed by atoms with Crippen LogP contribution < -0.4 is 10.2 Å². The van der Waals surface area contributed by atoms with E-state index in [1.165, 1.54) is 6.20 Å². The average molecular weight is 387 g/mol. The zero-order chi connectivity index (χ0) is 20.1. The molecule has 1 aliphatic heterocycles. The minimum absolute atomic E-state index is 0.0698. The molecule has 0 bridgehead atoms. The van der Waals surface area contributed by atoms with Gasteiger partial charge in [-0.25, -0.2) is 0 Å². The van der Waals surface area contributed by atoms with Gasteiger partial charge in [-0.05, 0) is 35.4 Å². The van der Waals surface area contributed by atoms with Crippen molar-refractivity contribution in [3.05, 3.63) is 89.7 Å². The Morgan fingerprint density at radius 1 is 1.07 bits per heavy atom. The lowest BCUT2D eigenvalue weighted by molar-refractivity contribution is -0.108. The molecule has 2 unspecified atom stereocenters. The second kappa shape index (κ2) is 8.88. The highest BCUT2D eigenvalue weighted by Crippen LogP contribution is 2.32. The molecule has 2 aromatic carbocycles. The molecule has 3 aromatic rings. The molecule has 5 nitrogen and oxygen atoms in total. The van der Waals surface area contributed by atoms with E-state index in [-0.39, 0.29) is 17.7 Å². The van der Waals surface area contributed by atoms with Gasteiger partial charge in [0.2, 0.25) is 0 Å². The van der Waals surface area contributed by atoms with Gasteiger partial charge in [0.05, 0.1) is 17.9 Å². The number of piperazine rings is 1. The van der Waals surface area contributed by atoms with Crippen molar-refractivity contribution in [1.82, 2.24) is 10.3 Å². The van der Waals surface area contributed by atoms with E-state index >= 15 is 0 Å². The van der Waals surface area contributed by atoms with Crippen LogP contribution in [0, 0.1) is 0 Å². The number of aldehydes is 1. The maximum Gasteiger partial charge on any atom is 0.133 e. The molecule has 1 saturated heterocycles. The first-order valence-corrected chi connectivity index (χ1v) is 9.97. The van der Waals surface area contributed by atoms with Crippen molar-refractivity contribution < 1.29 is 9.90 Å². The number of carbonyl (C=O) groups is 1. The molecule has 29 heavy (non-hydrogen) atoms. The molecule has 148 valence electrons. The third kappa shape index (κ3) is 4.30. The molecule has 0 radical (unpaired) electrons. The number of carbonyl (C=O) groups excluding carboxylic acids is 1. The molecule has 4 rings (SSSR count). The summed E-state index contributed by atoms with van der Waals surface area (Å²) in [7, 11) is 0. The summed E-state index contributed by atoms with van der Waals surface area (Å²) in [6.45, 7) is 2.59. The molecular formula is C24H25N3O2. The topological polar surface area (TPSA) is 65.5 Å². The van der Waals surface area contributed by atoms with Gasteiger partial charge in [0.15, 0.2) is 0 Å².